The van der Waals surface area contributed by atoms with Gasteiger partial charge in [0.05, 0.1) is 0 Å². The van der Waals surface area contributed by atoms with Gasteiger partial charge in [-0.1, -0.05) is 0 Å². The molecule has 2 N–H and O–H groups in total. The first-order valence-corrected chi connectivity index (χ1v) is 6.43. The van der Waals surface area contributed by atoms with Gasteiger partial charge in [-0.3, -0.25) is 0 Å². The quantitative estimate of drug-likeness (QED) is 0.785. The van der Waals surface area contributed by atoms with Crippen molar-refractivity contribution in [3.05, 3.63) is 23.8 Å². The van der Waals surface area contributed by atoms with E-state index < -0.39 is 8.15 Å². The molecular weight excluding hydrogens is 223 g/mol. The number of nitrogens with zero attached hydrogens (tertiary/aromatic N) is 2. The van der Waals surface area contributed by atoms with Gasteiger partial charge in [0, 0.05) is 30.4 Å². The highest BCUT2D eigenvalue weighted by atomic mass is 31.1. The summed E-state index contributed by atoms with van der Waals surface area (Å²) in [6.45, 7) is 6.57. The van der Waals surface area contributed by atoms with Gasteiger partial charge in [0.2, 0.25) is 0 Å². The summed E-state index contributed by atoms with van der Waals surface area (Å²) in [5, 5.41) is 0. The van der Waals surface area contributed by atoms with Crippen molar-refractivity contribution >= 4 is 19.3 Å². The fourth-order valence-corrected chi connectivity index (χ4v) is 2.94. The Bertz CT molecular complexity index is 425. The normalized spacial score (nSPS) is 11.2. The summed E-state index contributed by atoms with van der Waals surface area (Å²) in [7, 11) is -0.943. The number of hydrogen-bond donors (Lipinski definition) is 2. The SMILES string of the molecule is CCOP(c1ncc(C)[nH]1)c1ncc(C)[nH]1. The second kappa shape index (κ2) is 4.76. The number of aryl methyl sites for hydroxylation is 2. The second-order valence-corrected chi connectivity index (χ2v) is 5.19. The lowest BCUT2D eigenvalue weighted by Crippen LogP contribution is -2.19. The third kappa shape index (κ3) is 2.31. The van der Waals surface area contributed by atoms with Gasteiger partial charge in [0.25, 0.3) is 0 Å². The van der Waals surface area contributed by atoms with Gasteiger partial charge < -0.3 is 14.5 Å². The lowest BCUT2D eigenvalue weighted by atomic mass is 10.6. The predicted molar refractivity (Wildman–Crippen MR) is 64.5 cm³/mol. The van der Waals surface area contributed by atoms with E-state index in [1.54, 1.807) is 12.4 Å². The first kappa shape index (κ1) is 11.3. The Morgan fingerprint density at radius 1 is 1.12 bits per heavy atom. The van der Waals surface area contributed by atoms with Crippen molar-refractivity contribution in [1.82, 2.24) is 19.9 Å². The van der Waals surface area contributed by atoms with Crippen LogP contribution in [0, 0.1) is 13.8 Å². The molecule has 2 aromatic heterocycles. The van der Waals surface area contributed by atoms with Gasteiger partial charge in [-0.2, -0.15) is 0 Å². The molecule has 0 atom stereocenters. The first-order valence-electron chi connectivity index (χ1n) is 5.17. The van der Waals surface area contributed by atoms with E-state index in [4.69, 9.17) is 4.52 Å². The van der Waals surface area contributed by atoms with E-state index in [0.29, 0.717) is 6.61 Å². The molecule has 5 nitrogen and oxygen atoms in total. The van der Waals surface area contributed by atoms with Crippen LogP contribution in [-0.4, -0.2) is 26.5 Å². The number of nitrogens with one attached hydrogen (secondary N) is 2. The lowest BCUT2D eigenvalue weighted by molar-refractivity contribution is 0.386. The molecule has 2 rings (SSSR count). The summed E-state index contributed by atoms with van der Waals surface area (Å²) < 4.78 is 5.72. The monoisotopic (exact) mass is 238 g/mol. The molecule has 0 aliphatic heterocycles. The zero-order valence-electron chi connectivity index (χ0n) is 9.61. The lowest BCUT2D eigenvalue weighted by Gasteiger charge is -2.10. The van der Waals surface area contributed by atoms with Crippen molar-refractivity contribution in [3.8, 4) is 0 Å². The van der Waals surface area contributed by atoms with Crippen molar-refractivity contribution < 1.29 is 4.52 Å². The molecule has 0 spiro atoms. The van der Waals surface area contributed by atoms with Crippen molar-refractivity contribution in [1.29, 1.82) is 0 Å². The topological polar surface area (TPSA) is 66.6 Å². The number of aromatic nitrogens is 4. The molecule has 6 heteroatoms. The van der Waals surface area contributed by atoms with E-state index in [0.717, 1.165) is 22.5 Å². The summed E-state index contributed by atoms with van der Waals surface area (Å²) in [6.07, 6.45) is 3.61. The minimum atomic E-state index is -0.943. The molecular formula is C10H15N4OP. The van der Waals surface area contributed by atoms with Crippen LogP contribution in [0.3, 0.4) is 0 Å². The zero-order valence-corrected chi connectivity index (χ0v) is 10.5. The Labute approximate surface area is 95.5 Å². The Kier molecular flexibility index (Phi) is 3.36. The van der Waals surface area contributed by atoms with Crippen LogP contribution in [-0.2, 0) is 4.52 Å². The van der Waals surface area contributed by atoms with Crippen LogP contribution in [0.5, 0.6) is 0 Å². The largest absolute Gasteiger partial charge is 0.345 e. The molecule has 0 fully saturated rings. The summed E-state index contributed by atoms with van der Waals surface area (Å²) >= 11 is 0. The Morgan fingerprint density at radius 3 is 1.94 bits per heavy atom. The van der Waals surface area contributed by atoms with Crippen LogP contribution in [0.2, 0.25) is 0 Å². The van der Waals surface area contributed by atoms with E-state index in [2.05, 4.69) is 19.9 Å². The molecule has 0 aliphatic carbocycles. The van der Waals surface area contributed by atoms with Crippen LogP contribution in [0.15, 0.2) is 12.4 Å². The molecule has 0 saturated heterocycles. The van der Waals surface area contributed by atoms with Crippen LogP contribution >= 0.6 is 8.15 Å². The molecule has 0 amide bonds. The number of H-pyrrole nitrogens is 2. The summed E-state index contributed by atoms with van der Waals surface area (Å²) in [6, 6.07) is 0. The smallest absolute Gasteiger partial charge is 0.167 e. The molecule has 2 heterocycles. The molecule has 0 unspecified atom stereocenters. The molecule has 2 aromatic rings. The molecule has 0 aliphatic rings. The maximum absolute atomic E-state index is 5.72. The van der Waals surface area contributed by atoms with E-state index >= 15 is 0 Å². The fraction of sp³-hybridized carbons (Fsp3) is 0.400. The van der Waals surface area contributed by atoms with Gasteiger partial charge >= 0.3 is 0 Å². The van der Waals surface area contributed by atoms with Gasteiger partial charge in [-0.25, -0.2) is 9.97 Å². The Morgan fingerprint density at radius 2 is 1.62 bits per heavy atom. The highest BCUT2D eigenvalue weighted by molar-refractivity contribution is 7.67. The van der Waals surface area contributed by atoms with E-state index in [9.17, 15) is 0 Å². The number of aromatic amines is 2. The molecule has 0 aromatic carbocycles. The average molecular weight is 238 g/mol. The standard InChI is InChI=1S/C10H15N4OP/c1-4-15-16(9-11-5-7(2)13-9)10-12-6-8(3)14-10/h5-6H,4H2,1-3H3,(H,11,13)(H,12,14). The van der Waals surface area contributed by atoms with Crippen molar-refractivity contribution in [2.75, 3.05) is 6.61 Å². The molecule has 86 valence electrons. The summed E-state index contributed by atoms with van der Waals surface area (Å²) in [4.78, 5) is 15.0. The predicted octanol–water partition coefficient (Wildman–Crippen LogP) is 1.13. The number of imidazole rings is 2. The minimum absolute atomic E-state index is 0.644. The second-order valence-electron chi connectivity index (χ2n) is 3.49. The first-order chi connectivity index (χ1) is 7.70. The minimum Gasteiger partial charge on any atom is -0.345 e. The third-order valence-electron chi connectivity index (χ3n) is 2.02. The van der Waals surface area contributed by atoms with Crippen LogP contribution < -0.4 is 11.1 Å². The molecule has 0 radical (unpaired) electrons. The fourth-order valence-electron chi connectivity index (χ4n) is 1.36. The maximum atomic E-state index is 5.72. The van der Waals surface area contributed by atoms with E-state index in [1.165, 1.54) is 0 Å². The Hall–Kier alpha value is -1.19. The highest BCUT2D eigenvalue weighted by Gasteiger charge is 2.20. The van der Waals surface area contributed by atoms with Crippen LogP contribution in [0.4, 0.5) is 0 Å². The average Bonchev–Trinajstić information content (AvgIpc) is 2.84. The molecule has 0 saturated carbocycles. The summed E-state index contributed by atoms with van der Waals surface area (Å²) in [5.41, 5.74) is 3.77. The van der Waals surface area contributed by atoms with Gasteiger partial charge in [0.15, 0.2) is 19.3 Å². The van der Waals surface area contributed by atoms with Gasteiger partial charge in [-0.05, 0) is 20.8 Å². The number of hydrogen-bond acceptors (Lipinski definition) is 3. The van der Waals surface area contributed by atoms with E-state index in [1.807, 2.05) is 20.8 Å². The van der Waals surface area contributed by atoms with Crippen LogP contribution in [0.1, 0.15) is 18.3 Å². The van der Waals surface area contributed by atoms with Gasteiger partial charge in [-0.15, -0.1) is 0 Å². The Balaban J connectivity index is 2.30. The third-order valence-corrected chi connectivity index (χ3v) is 3.76. The van der Waals surface area contributed by atoms with Crippen molar-refractivity contribution in [2.24, 2.45) is 0 Å². The zero-order chi connectivity index (χ0) is 11.5. The molecule has 16 heavy (non-hydrogen) atoms. The van der Waals surface area contributed by atoms with Crippen molar-refractivity contribution in [3.63, 3.8) is 0 Å². The molecule has 0 bridgehead atoms. The maximum Gasteiger partial charge on any atom is 0.167 e. The van der Waals surface area contributed by atoms with Gasteiger partial charge in [0.1, 0.15) is 0 Å². The van der Waals surface area contributed by atoms with E-state index in [-0.39, 0.29) is 0 Å². The van der Waals surface area contributed by atoms with Crippen LogP contribution in [0.25, 0.3) is 0 Å². The summed E-state index contributed by atoms with van der Waals surface area (Å²) in [5.74, 6) is 0. The van der Waals surface area contributed by atoms with Crippen molar-refractivity contribution in [2.45, 2.75) is 20.8 Å². The number of rotatable bonds is 4. The highest BCUT2D eigenvalue weighted by Crippen LogP contribution is 2.31.